The summed E-state index contributed by atoms with van der Waals surface area (Å²) in [7, 11) is -3.01. The van der Waals surface area contributed by atoms with Crippen molar-refractivity contribution < 1.29 is 8.42 Å². The number of rotatable bonds is 5. The maximum absolute atomic E-state index is 11.5. The number of sulfonamides is 1. The Morgan fingerprint density at radius 3 is 2.69 bits per heavy atom. The Bertz CT molecular complexity index is 301. The van der Waals surface area contributed by atoms with Gasteiger partial charge in [-0.25, -0.2) is 12.7 Å². The third-order valence-corrected chi connectivity index (χ3v) is 5.12. The molecule has 96 valence electrons. The molecule has 3 nitrogen and oxygen atoms in total. The summed E-state index contributed by atoms with van der Waals surface area (Å²) in [6.07, 6.45) is 5.56. The molecule has 1 saturated heterocycles. The van der Waals surface area contributed by atoms with Crippen molar-refractivity contribution in [1.82, 2.24) is 4.31 Å². The molecule has 5 heteroatoms. The van der Waals surface area contributed by atoms with E-state index in [-0.39, 0.29) is 0 Å². The van der Waals surface area contributed by atoms with Crippen LogP contribution in [0.5, 0.6) is 0 Å². The van der Waals surface area contributed by atoms with Crippen molar-refractivity contribution >= 4 is 21.6 Å². The van der Waals surface area contributed by atoms with Gasteiger partial charge in [-0.3, -0.25) is 0 Å². The molecular formula is C11H22ClNO2S. The van der Waals surface area contributed by atoms with E-state index in [0.717, 1.165) is 25.7 Å². The lowest BCUT2D eigenvalue weighted by Gasteiger charge is -2.32. The molecular weight excluding hydrogens is 246 g/mol. The van der Waals surface area contributed by atoms with Gasteiger partial charge in [-0.1, -0.05) is 13.3 Å². The summed E-state index contributed by atoms with van der Waals surface area (Å²) in [5.74, 6) is 1.71. The summed E-state index contributed by atoms with van der Waals surface area (Å²) in [5.41, 5.74) is 0. The first kappa shape index (κ1) is 14.3. The van der Waals surface area contributed by atoms with Crippen LogP contribution >= 0.6 is 11.6 Å². The van der Waals surface area contributed by atoms with Crippen molar-refractivity contribution in [1.29, 1.82) is 0 Å². The molecule has 2 unspecified atom stereocenters. The lowest BCUT2D eigenvalue weighted by Crippen LogP contribution is -2.39. The molecule has 16 heavy (non-hydrogen) atoms. The van der Waals surface area contributed by atoms with Crippen LogP contribution in [-0.4, -0.2) is 37.9 Å². The maximum Gasteiger partial charge on any atom is 0.211 e. The van der Waals surface area contributed by atoms with Crippen molar-refractivity contribution in [2.24, 2.45) is 11.8 Å². The Morgan fingerprint density at radius 2 is 2.19 bits per heavy atom. The molecule has 0 aromatic heterocycles. The third kappa shape index (κ3) is 4.22. The number of hydrogen-bond acceptors (Lipinski definition) is 2. The first-order valence-corrected chi connectivity index (χ1v) is 8.36. The molecule has 0 bridgehead atoms. The summed E-state index contributed by atoms with van der Waals surface area (Å²) >= 11 is 5.88. The Balaban J connectivity index is 2.51. The normalized spacial score (nSPS) is 25.6. The van der Waals surface area contributed by atoms with Crippen LogP contribution in [0.25, 0.3) is 0 Å². The second kappa shape index (κ2) is 6.22. The van der Waals surface area contributed by atoms with Crippen LogP contribution in [0.15, 0.2) is 0 Å². The van der Waals surface area contributed by atoms with Crippen LogP contribution in [0, 0.1) is 11.8 Å². The van der Waals surface area contributed by atoms with Gasteiger partial charge in [0.1, 0.15) is 0 Å². The largest absolute Gasteiger partial charge is 0.213 e. The molecule has 0 radical (unpaired) electrons. The van der Waals surface area contributed by atoms with E-state index < -0.39 is 10.0 Å². The van der Waals surface area contributed by atoms with E-state index in [1.54, 1.807) is 4.31 Å². The highest BCUT2D eigenvalue weighted by molar-refractivity contribution is 7.88. The van der Waals surface area contributed by atoms with E-state index in [4.69, 9.17) is 11.6 Å². The molecule has 0 aromatic carbocycles. The number of halogens is 1. The Morgan fingerprint density at radius 1 is 1.50 bits per heavy atom. The molecule has 0 saturated carbocycles. The van der Waals surface area contributed by atoms with Gasteiger partial charge in [0, 0.05) is 19.0 Å². The highest BCUT2D eigenvalue weighted by atomic mass is 35.5. The fourth-order valence-electron chi connectivity index (χ4n) is 2.33. The van der Waals surface area contributed by atoms with E-state index in [1.807, 2.05) is 0 Å². The van der Waals surface area contributed by atoms with Crippen LogP contribution in [0.4, 0.5) is 0 Å². The van der Waals surface area contributed by atoms with Gasteiger partial charge in [-0.15, -0.1) is 11.6 Å². The topological polar surface area (TPSA) is 37.4 Å². The number of alkyl halides is 1. The highest BCUT2D eigenvalue weighted by Crippen LogP contribution is 2.26. The molecule has 1 rings (SSSR count). The molecule has 0 spiro atoms. The average molecular weight is 268 g/mol. The highest BCUT2D eigenvalue weighted by Gasteiger charge is 2.26. The lowest BCUT2D eigenvalue weighted by molar-refractivity contribution is 0.234. The molecule has 0 N–H and O–H groups in total. The van der Waals surface area contributed by atoms with Crippen molar-refractivity contribution in [3.8, 4) is 0 Å². The van der Waals surface area contributed by atoms with Crippen molar-refractivity contribution in [3.05, 3.63) is 0 Å². The Labute approximate surface area is 104 Å². The van der Waals surface area contributed by atoms with Gasteiger partial charge < -0.3 is 0 Å². The second-order valence-corrected chi connectivity index (χ2v) is 7.08. The van der Waals surface area contributed by atoms with Crippen LogP contribution in [0.1, 0.15) is 32.6 Å². The van der Waals surface area contributed by atoms with E-state index in [9.17, 15) is 8.42 Å². The minimum atomic E-state index is -3.01. The number of piperidine rings is 1. The van der Waals surface area contributed by atoms with E-state index in [0.29, 0.717) is 30.8 Å². The minimum absolute atomic E-state index is 0.493. The van der Waals surface area contributed by atoms with Gasteiger partial charge in [0.25, 0.3) is 0 Å². The Hall–Kier alpha value is 0.200. The first-order chi connectivity index (χ1) is 7.47. The zero-order valence-corrected chi connectivity index (χ0v) is 11.7. The number of nitrogens with zero attached hydrogens (tertiary/aromatic N) is 1. The summed E-state index contributed by atoms with van der Waals surface area (Å²) < 4.78 is 24.5. The van der Waals surface area contributed by atoms with E-state index >= 15 is 0 Å². The van der Waals surface area contributed by atoms with Crippen molar-refractivity contribution in [2.45, 2.75) is 32.6 Å². The molecule has 0 aromatic rings. The van der Waals surface area contributed by atoms with Gasteiger partial charge in [-0.2, -0.15) is 0 Å². The molecule has 0 aliphatic carbocycles. The molecule has 1 fully saturated rings. The minimum Gasteiger partial charge on any atom is -0.213 e. The van der Waals surface area contributed by atoms with E-state index in [2.05, 4.69) is 6.92 Å². The zero-order valence-electron chi connectivity index (χ0n) is 10.2. The van der Waals surface area contributed by atoms with Crippen molar-refractivity contribution in [2.75, 3.05) is 25.2 Å². The average Bonchev–Trinajstić information content (AvgIpc) is 2.25. The fourth-order valence-corrected chi connectivity index (χ4v) is 3.62. The maximum atomic E-state index is 11.5. The standard InChI is InChI=1S/C11H22ClNO2S/c1-3-10(8-12)7-11-5-4-6-13(9-11)16(2,14)15/h10-11H,3-9H2,1-2H3. The second-order valence-electron chi connectivity index (χ2n) is 4.79. The van der Waals surface area contributed by atoms with Crippen LogP contribution in [0.2, 0.25) is 0 Å². The predicted octanol–water partition coefficient (Wildman–Crippen LogP) is 2.31. The van der Waals surface area contributed by atoms with Crippen LogP contribution in [0.3, 0.4) is 0 Å². The van der Waals surface area contributed by atoms with Crippen molar-refractivity contribution in [3.63, 3.8) is 0 Å². The first-order valence-electron chi connectivity index (χ1n) is 5.98. The molecule has 1 aliphatic heterocycles. The van der Waals surface area contributed by atoms with Gasteiger partial charge in [0.15, 0.2) is 0 Å². The monoisotopic (exact) mass is 267 g/mol. The van der Waals surface area contributed by atoms with Gasteiger partial charge in [0.05, 0.1) is 6.26 Å². The smallest absolute Gasteiger partial charge is 0.211 e. The summed E-state index contributed by atoms with van der Waals surface area (Å²) in [5, 5.41) is 0. The summed E-state index contributed by atoms with van der Waals surface area (Å²) in [6, 6.07) is 0. The quantitative estimate of drug-likeness (QED) is 0.717. The van der Waals surface area contributed by atoms with E-state index in [1.165, 1.54) is 6.26 Å². The van der Waals surface area contributed by atoms with Crippen LogP contribution in [-0.2, 0) is 10.0 Å². The zero-order chi connectivity index (χ0) is 12.2. The molecule has 1 aliphatic rings. The summed E-state index contributed by atoms with van der Waals surface area (Å²) in [4.78, 5) is 0. The van der Waals surface area contributed by atoms with Gasteiger partial charge >= 0.3 is 0 Å². The Kier molecular flexibility index (Phi) is 5.54. The molecule has 2 atom stereocenters. The third-order valence-electron chi connectivity index (χ3n) is 3.41. The SMILES string of the molecule is CCC(CCl)CC1CCCN(S(C)(=O)=O)C1. The van der Waals surface area contributed by atoms with Gasteiger partial charge in [0.2, 0.25) is 10.0 Å². The van der Waals surface area contributed by atoms with Crippen LogP contribution < -0.4 is 0 Å². The lowest BCUT2D eigenvalue weighted by atomic mass is 9.89. The van der Waals surface area contributed by atoms with Gasteiger partial charge in [-0.05, 0) is 31.1 Å². The number of hydrogen-bond donors (Lipinski definition) is 0. The molecule has 1 heterocycles. The predicted molar refractivity (Wildman–Crippen MR) is 68.3 cm³/mol. The fraction of sp³-hybridized carbons (Fsp3) is 1.00. The summed E-state index contributed by atoms with van der Waals surface area (Å²) in [6.45, 7) is 3.52. The molecule has 0 amide bonds.